The lowest BCUT2D eigenvalue weighted by atomic mass is 9.94. The number of carbonyl (C=O) groups is 2. The van der Waals surface area contributed by atoms with Gasteiger partial charge in [-0.1, -0.05) is 0 Å². The maximum atomic E-state index is 11.8. The lowest BCUT2D eigenvalue weighted by Crippen LogP contribution is -2.41. The van der Waals surface area contributed by atoms with Crippen molar-refractivity contribution in [3.63, 3.8) is 0 Å². The summed E-state index contributed by atoms with van der Waals surface area (Å²) >= 11 is 0. The van der Waals surface area contributed by atoms with E-state index in [-0.39, 0.29) is 24.4 Å². The van der Waals surface area contributed by atoms with Crippen LogP contribution in [0.4, 0.5) is 0 Å². The Bertz CT molecular complexity index is 267. The first-order valence-corrected chi connectivity index (χ1v) is 4.99. The number of amides is 2. The summed E-state index contributed by atoms with van der Waals surface area (Å²) in [4.78, 5) is 24.0. The summed E-state index contributed by atoms with van der Waals surface area (Å²) in [6, 6.07) is 0.232. The Hall–Kier alpha value is -1.10. The molecule has 0 aromatic rings. The van der Waals surface area contributed by atoms with Crippen LogP contribution in [0.5, 0.6) is 0 Å². The first-order chi connectivity index (χ1) is 6.68. The molecule has 14 heavy (non-hydrogen) atoms. The average molecular weight is 197 g/mol. The minimum Gasteiger partial charge on any atom is -0.368 e. The maximum Gasteiger partial charge on any atom is 0.237 e. The Labute approximate surface area is 82.6 Å². The second-order valence-corrected chi connectivity index (χ2v) is 3.99. The third-order valence-electron chi connectivity index (χ3n) is 2.98. The summed E-state index contributed by atoms with van der Waals surface area (Å²) in [6.07, 6.45) is 1.98. The molecule has 0 aromatic heterocycles. The van der Waals surface area contributed by atoms with Crippen LogP contribution in [0.2, 0.25) is 0 Å². The highest BCUT2D eigenvalue weighted by molar-refractivity contribution is 5.87. The molecule has 2 atom stereocenters. The summed E-state index contributed by atoms with van der Waals surface area (Å²) in [6.45, 7) is 1.67. The van der Waals surface area contributed by atoms with Crippen molar-refractivity contribution in [2.24, 2.45) is 11.7 Å². The normalized spacial score (nSPS) is 31.7. The second kappa shape index (κ2) is 3.57. The van der Waals surface area contributed by atoms with Crippen molar-refractivity contribution in [1.82, 2.24) is 10.2 Å². The molecule has 0 spiro atoms. The topological polar surface area (TPSA) is 75.4 Å². The van der Waals surface area contributed by atoms with Gasteiger partial charge in [0.25, 0.3) is 0 Å². The van der Waals surface area contributed by atoms with E-state index in [0.717, 1.165) is 19.4 Å². The van der Waals surface area contributed by atoms with Crippen molar-refractivity contribution in [3.05, 3.63) is 0 Å². The number of likely N-dealkylation sites (tertiary alicyclic amines) is 1. The zero-order valence-electron chi connectivity index (χ0n) is 8.03. The van der Waals surface area contributed by atoms with Crippen molar-refractivity contribution >= 4 is 11.8 Å². The van der Waals surface area contributed by atoms with Crippen LogP contribution in [0.1, 0.15) is 12.8 Å². The van der Waals surface area contributed by atoms with E-state index in [1.807, 2.05) is 0 Å². The van der Waals surface area contributed by atoms with Crippen LogP contribution in [0.3, 0.4) is 0 Å². The lowest BCUT2D eigenvalue weighted by Gasteiger charge is -2.23. The number of carbonyl (C=O) groups excluding carboxylic acids is 2. The number of piperidine rings is 1. The van der Waals surface area contributed by atoms with Crippen LogP contribution in [-0.2, 0) is 9.59 Å². The second-order valence-electron chi connectivity index (χ2n) is 3.99. The standard InChI is InChI=1S/C9H15N3O2/c10-8(13)5-12-4-7-6(9(12)14)2-1-3-11-7/h6-7,11H,1-5H2,(H2,10,13). The smallest absolute Gasteiger partial charge is 0.237 e. The van der Waals surface area contributed by atoms with E-state index in [1.165, 1.54) is 0 Å². The van der Waals surface area contributed by atoms with Crippen molar-refractivity contribution in [3.8, 4) is 0 Å². The first-order valence-electron chi connectivity index (χ1n) is 4.99. The molecule has 0 aromatic carbocycles. The fraction of sp³-hybridized carbons (Fsp3) is 0.778. The molecule has 5 heteroatoms. The van der Waals surface area contributed by atoms with Gasteiger partial charge in [-0.3, -0.25) is 9.59 Å². The van der Waals surface area contributed by atoms with Gasteiger partial charge in [0.05, 0.1) is 12.5 Å². The van der Waals surface area contributed by atoms with Gasteiger partial charge < -0.3 is 16.0 Å². The van der Waals surface area contributed by atoms with Gasteiger partial charge in [0.15, 0.2) is 0 Å². The SMILES string of the molecule is NC(=O)CN1CC2NCCCC2C1=O. The zero-order valence-corrected chi connectivity index (χ0v) is 8.03. The highest BCUT2D eigenvalue weighted by Crippen LogP contribution is 2.25. The number of primary amides is 1. The van der Waals surface area contributed by atoms with Gasteiger partial charge in [0.2, 0.25) is 11.8 Å². The molecule has 2 aliphatic heterocycles. The van der Waals surface area contributed by atoms with Crippen LogP contribution < -0.4 is 11.1 Å². The largest absolute Gasteiger partial charge is 0.368 e. The average Bonchev–Trinajstić information content (AvgIpc) is 2.44. The fourth-order valence-corrected chi connectivity index (χ4v) is 2.33. The predicted octanol–water partition coefficient (Wildman–Crippen LogP) is -1.32. The molecule has 2 unspecified atom stereocenters. The summed E-state index contributed by atoms with van der Waals surface area (Å²) in [7, 11) is 0. The third-order valence-corrected chi connectivity index (χ3v) is 2.98. The highest BCUT2D eigenvalue weighted by atomic mass is 16.2. The van der Waals surface area contributed by atoms with Gasteiger partial charge in [-0.25, -0.2) is 0 Å². The molecule has 0 radical (unpaired) electrons. The number of hydrogen-bond acceptors (Lipinski definition) is 3. The van der Waals surface area contributed by atoms with Crippen LogP contribution in [0.25, 0.3) is 0 Å². The number of nitrogens with zero attached hydrogens (tertiary/aromatic N) is 1. The Morgan fingerprint density at radius 3 is 3.07 bits per heavy atom. The van der Waals surface area contributed by atoms with E-state index < -0.39 is 5.91 Å². The Kier molecular flexibility index (Phi) is 2.41. The van der Waals surface area contributed by atoms with Gasteiger partial charge >= 0.3 is 0 Å². The third kappa shape index (κ3) is 1.59. The molecule has 0 bridgehead atoms. The minimum absolute atomic E-state index is 0.0630. The summed E-state index contributed by atoms with van der Waals surface area (Å²) < 4.78 is 0. The molecule has 2 rings (SSSR count). The van der Waals surface area contributed by atoms with E-state index in [1.54, 1.807) is 4.90 Å². The van der Waals surface area contributed by atoms with Crippen LogP contribution in [0.15, 0.2) is 0 Å². The minimum atomic E-state index is -0.433. The first kappa shape index (κ1) is 9.45. The summed E-state index contributed by atoms with van der Waals surface area (Å²) in [5, 5.41) is 3.30. The molecule has 78 valence electrons. The van der Waals surface area contributed by atoms with E-state index in [9.17, 15) is 9.59 Å². The van der Waals surface area contributed by atoms with Gasteiger partial charge in [-0.15, -0.1) is 0 Å². The van der Waals surface area contributed by atoms with E-state index >= 15 is 0 Å². The van der Waals surface area contributed by atoms with Crippen molar-refractivity contribution in [2.75, 3.05) is 19.6 Å². The van der Waals surface area contributed by atoms with E-state index in [0.29, 0.717) is 6.54 Å². The zero-order chi connectivity index (χ0) is 10.1. The summed E-state index contributed by atoms with van der Waals surface area (Å²) in [5.41, 5.74) is 5.07. The quantitative estimate of drug-likeness (QED) is 0.576. The summed E-state index contributed by atoms with van der Waals surface area (Å²) in [5.74, 6) is -0.277. The molecule has 0 aliphatic carbocycles. The Morgan fingerprint density at radius 2 is 2.43 bits per heavy atom. The highest BCUT2D eigenvalue weighted by Gasteiger charge is 2.41. The van der Waals surface area contributed by atoms with Crippen LogP contribution in [-0.4, -0.2) is 42.4 Å². The predicted molar refractivity (Wildman–Crippen MR) is 50.3 cm³/mol. The molecule has 2 heterocycles. The number of fused-ring (bicyclic) bond motifs is 1. The van der Waals surface area contributed by atoms with Gasteiger partial charge in [0.1, 0.15) is 0 Å². The lowest BCUT2D eigenvalue weighted by molar-refractivity contribution is -0.134. The number of nitrogens with one attached hydrogen (secondary N) is 1. The molecule has 0 saturated carbocycles. The molecule has 2 amide bonds. The van der Waals surface area contributed by atoms with E-state index in [2.05, 4.69) is 5.32 Å². The van der Waals surface area contributed by atoms with Crippen LogP contribution >= 0.6 is 0 Å². The molecule has 2 saturated heterocycles. The number of rotatable bonds is 2. The van der Waals surface area contributed by atoms with Crippen molar-refractivity contribution in [1.29, 1.82) is 0 Å². The van der Waals surface area contributed by atoms with Gasteiger partial charge in [-0.2, -0.15) is 0 Å². The van der Waals surface area contributed by atoms with Crippen molar-refractivity contribution < 1.29 is 9.59 Å². The molecule has 2 aliphatic rings. The maximum absolute atomic E-state index is 11.8. The fourth-order valence-electron chi connectivity index (χ4n) is 2.33. The molecule has 5 nitrogen and oxygen atoms in total. The molecule has 2 fully saturated rings. The number of hydrogen-bond donors (Lipinski definition) is 2. The molecule has 3 N–H and O–H groups in total. The van der Waals surface area contributed by atoms with E-state index in [4.69, 9.17) is 5.73 Å². The molecular weight excluding hydrogens is 182 g/mol. The number of nitrogens with two attached hydrogens (primary N) is 1. The monoisotopic (exact) mass is 197 g/mol. The molecular formula is C9H15N3O2. The van der Waals surface area contributed by atoms with Crippen LogP contribution in [0, 0.1) is 5.92 Å². The Balaban J connectivity index is 2.02. The Morgan fingerprint density at radius 1 is 1.64 bits per heavy atom. The van der Waals surface area contributed by atoms with Crippen molar-refractivity contribution in [2.45, 2.75) is 18.9 Å². The van der Waals surface area contributed by atoms with Gasteiger partial charge in [0, 0.05) is 12.6 Å². The van der Waals surface area contributed by atoms with Gasteiger partial charge in [-0.05, 0) is 19.4 Å².